The number of ether oxygens (including phenoxy) is 1. The average molecular weight is 205 g/mol. The Balaban J connectivity index is 2.00. The molecule has 1 aliphatic rings. The van der Waals surface area contributed by atoms with Crippen LogP contribution in [0.4, 0.5) is 5.69 Å². The third-order valence-corrected chi connectivity index (χ3v) is 2.45. The summed E-state index contributed by atoms with van der Waals surface area (Å²) in [5.41, 5.74) is 1.94. The molecule has 0 saturated heterocycles. The number of nitrogens with one attached hydrogen (secondary N) is 1. The lowest BCUT2D eigenvalue weighted by atomic mass is 10.2. The van der Waals surface area contributed by atoms with E-state index in [2.05, 4.69) is 5.32 Å². The van der Waals surface area contributed by atoms with Crippen LogP contribution in [-0.4, -0.2) is 13.0 Å². The maximum atomic E-state index is 11.5. The Bertz CT molecular complexity index is 358. The summed E-state index contributed by atoms with van der Waals surface area (Å²) in [5.74, 6) is 0.389. The monoisotopic (exact) mass is 205 g/mol. The van der Waals surface area contributed by atoms with E-state index < -0.39 is 0 Å². The van der Waals surface area contributed by atoms with E-state index in [-0.39, 0.29) is 11.8 Å². The molecule has 1 fully saturated rings. The molecule has 0 unspecified atom stereocenters. The minimum absolute atomic E-state index is 0.143. The van der Waals surface area contributed by atoms with Crippen molar-refractivity contribution in [2.75, 3.05) is 12.4 Å². The van der Waals surface area contributed by atoms with Gasteiger partial charge >= 0.3 is 0 Å². The van der Waals surface area contributed by atoms with Gasteiger partial charge in [-0.2, -0.15) is 0 Å². The van der Waals surface area contributed by atoms with E-state index in [1.807, 2.05) is 24.3 Å². The van der Waals surface area contributed by atoms with Crippen molar-refractivity contribution in [3.8, 4) is 0 Å². The molecule has 0 radical (unpaired) electrons. The van der Waals surface area contributed by atoms with Gasteiger partial charge in [-0.3, -0.25) is 4.79 Å². The second kappa shape index (κ2) is 4.45. The van der Waals surface area contributed by atoms with Crippen molar-refractivity contribution in [3.05, 3.63) is 29.8 Å². The summed E-state index contributed by atoms with van der Waals surface area (Å²) in [6.45, 7) is 0.577. The van der Waals surface area contributed by atoms with Crippen molar-refractivity contribution in [1.29, 1.82) is 0 Å². The van der Waals surface area contributed by atoms with E-state index >= 15 is 0 Å². The zero-order valence-electron chi connectivity index (χ0n) is 8.82. The van der Waals surface area contributed by atoms with Crippen LogP contribution in [0.25, 0.3) is 0 Å². The molecular formula is C12H15NO2. The topological polar surface area (TPSA) is 38.3 Å². The zero-order chi connectivity index (χ0) is 10.7. The smallest absolute Gasteiger partial charge is 0.227 e. The van der Waals surface area contributed by atoms with Gasteiger partial charge in [0.2, 0.25) is 5.91 Å². The van der Waals surface area contributed by atoms with Crippen molar-refractivity contribution in [1.82, 2.24) is 0 Å². The van der Waals surface area contributed by atoms with E-state index in [1.54, 1.807) is 7.11 Å². The third-order valence-electron chi connectivity index (χ3n) is 2.45. The lowest BCUT2D eigenvalue weighted by Crippen LogP contribution is -2.13. The van der Waals surface area contributed by atoms with Crippen LogP contribution < -0.4 is 5.32 Å². The highest BCUT2D eigenvalue weighted by atomic mass is 16.5. The predicted molar refractivity (Wildman–Crippen MR) is 58.5 cm³/mol. The van der Waals surface area contributed by atoms with E-state index in [0.29, 0.717) is 6.61 Å². The van der Waals surface area contributed by atoms with Crippen molar-refractivity contribution >= 4 is 11.6 Å². The number of rotatable bonds is 4. The van der Waals surface area contributed by atoms with Crippen LogP contribution in [0.15, 0.2) is 24.3 Å². The fourth-order valence-electron chi connectivity index (χ4n) is 1.50. The zero-order valence-corrected chi connectivity index (χ0v) is 8.82. The molecule has 1 saturated carbocycles. The van der Waals surface area contributed by atoms with Crippen LogP contribution in [0.2, 0.25) is 0 Å². The van der Waals surface area contributed by atoms with E-state index in [4.69, 9.17) is 4.74 Å². The van der Waals surface area contributed by atoms with Gasteiger partial charge in [-0.05, 0) is 30.5 Å². The van der Waals surface area contributed by atoms with Crippen molar-refractivity contribution < 1.29 is 9.53 Å². The van der Waals surface area contributed by atoms with Crippen molar-refractivity contribution in [2.45, 2.75) is 19.4 Å². The van der Waals surface area contributed by atoms with Gasteiger partial charge in [0, 0.05) is 18.7 Å². The Kier molecular flexibility index (Phi) is 3.02. The Morgan fingerprint density at radius 3 is 3.00 bits per heavy atom. The Morgan fingerprint density at radius 1 is 1.53 bits per heavy atom. The second-order valence-corrected chi connectivity index (χ2v) is 3.90. The van der Waals surface area contributed by atoms with Crippen LogP contribution in [-0.2, 0) is 16.1 Å². The first kappa shape index (κ1) is 10.2. The lowest BCUT2D eigenvalue weighted by molar-refractivity contribution is -0.117. The molecule has 1 aromatic rings. The summed E-state index contributed by atoms with van der Waals surface area (Å²) in [7, 11) is 1.66. The fourth-order valence-corrected chi connectivity index (χ4v) is 1.50. The van der Waals surface area contributed by atoms with Gasteiger partial charge in [-0.15, -0.1) is 0 Å². The Labute approximate surface area is 89.4 Å². The number of carbonyl (C=O) groups excluding carboxylic acids is 1. The standard InChI is InChI=1S/C12H15NO2/c1-15-8-9-3-2-4-11(7-9)13-12(14)10-5-6-10/h2-4,7,10H,5-6,8H2,1H3,(H,13,14). The first-order valence-electron chi connectivity index (χ1n) is 5.18. The summed E-state index contributed by atoms with van der Waals surface area (Å²) in [4.78, 5) is 11.5. The first-order chi connectivity index (χ1) is 7.29. The van der Waals surface area contributed by atoms with Crippen LogP contribution in [0.1, 0.15) is 18.4 Å². The maximum absolute atomic E-state index is 11.5. The summed E-state index contributed by atoms with van der Waals surface area (Å²) in [5, 5.41) is 2.91. The molecule has 0 heterocycles. The van der Waals surface area contributed by atoms with Gasteiger partial charge in [0.25, 0.3) is 0 Å². The number of hydrogen-bond acceptors (Lipinski definition) is 2. The molecule has 2 rings (SSSR count). The first-order valence-corrected chi connectivity index (χ1v) is 5.18. The highest BCUT2D eigenvalue weighted by Crippen LogP contribution is 2.30. The average Bonchev–Trinajstić information content (AvgIpc) is 3.01. The molecule has 0 atom stereocenters. The maximum Gasteiger partial charge on any atom is 0.227 e. The van der Waals surface area contributed by atoms with Crippen LogP contribution in [0, 0.1) is 5.92 Å². The van der Waals surface area contributed by atoms with Crippen molar-refractivity contribution in [3.63, 3.8) is 0 Å². The number of carbonyl (C=O) groups is 1. The molecule has 0 aliphatic heterocycles. The molecule has 0 spiro atoms. The number of benzene rings is 1. The van der Waals surface area contributed by atoms with Gasteiger partial charge < -0.3 is 10.1 Å². The second-order valence-electron chi connectivity index (χ2n) is 3.90. The number of hydrogen-bond donors (Lipinski definition) is 1. The molecule has 80 valence electrons. The molecule has 0 bridgehead atoms. The van der Waals surface area contributed by atoms with Crippen molar-refractivity contribution in [2.24, 2.45) is 5.92 Å². The van der Waals surface area contributed by atoms with Crippen LogP contribution in [0.3, 0.4) is 0 Å². The minimum Gasteiger partial charge on any atom is -0.380 e. The Morgan fingerprint density at radius 2 is 2.33 bits per heavy atom. The van der Waals surface area contributed by atoms with E-state index in [9.17, 15) is 4.79 Å². The quantitative estimate of drug-likeness (QED) is 0.818. The third kappa shape index (κ3) is 2.80. The van der Waals surface area contributed by atoms with Gasteiger partial charge in [-0.25, -0.2) is 0 Å². The predicted octanol–water partition coefficient (Wildman–Crippen LogP) is 2.18. The van der Waals surface area contributed by atoms with Gasteiger partial charge in [0.1, 0.15) is 0 Å². The number of anilines is 1. The molecule has 15 heavy (non-hydrogen) atoms. The molecule has 3 heteroatoms. The molecule has 3 nitrogen and oxygen atoms in total. The van der Waals surface area contributed by atoms with E-state index in [0.717, 1.165) is 24.1 Å². The molecular weight excluding hydrogens is 190 g/mol. The highest BCUT2D eigenvalue weighted by molar-refractivity contribution is 5.94. The lowest BCUT2D eigenvalue weighted by Gasteiger charge is -2.06. The largest absolute Gasteiger partial charge is 0.380 e. The Hall–Kier alpha value is -1.35. The number of amides is 1. The summed E-state index contributed by atoms with van der Waals surface area (Å²) in [6, 6.07) is 7.76. The van der Waals surface area contributed by atoms with Gasteiger partial charge in [-0.1, -0.05) is 12.1 Å². The fraction of sp³-hybridized carbons (Fsp3) is 0.417. The number of methoxy groups -OCH3 is 1. The minimum atomic E-state index is 0.143. The summed E-state index contributed by atoms with van der Waals surface area (Å²) < 4.78 is 5.03. The van der Waals surface area contributed by atoms with Crippen LogP contribution >= 0.6 is 0 Å². The molecule has 1 N–H and O–H groups in total. The van der Waals surface area contributed by atoms with Gasteiger partial charge in [0.05, 0.1) is 6.61 Å². The molecule has 1 aromatic carbocycles. The molecule has 1 amide bonds. The molecule has 0 aromatic heterocycles. The van der Waals surface area contributed by atoms with E-state index in [1.165, 1.54) is 0 Å². The van der Waals surface area contributed by atoms with Gasteiger partial charge in [0.15, 0.2) is 0 Å². The summed E-state index contributed by atoms with van der Waals surface area (Å²) in [6.07, 6.45) is 2.06. The van der Waals surface area contributed by atoms with Crippen LogP contribution in [0.5, 0.6) is 0 Å². The summed E-state index contributed by atoms with van der Waals surface area (Å²) >= 11 is 0. The SMILES string of the molecule is COCc1cccc(NC(=O)C2CC2)c1. The highest BCUT2D eigenvalue weighted by Gasteiger charge is 2.29. The normalized spacial score (nSPS) is 15.0. The molecule has 1 aliphatic carbocycles.